The summed E-state index contributed by atoms with van der Waals surface area (Å²) in [6.45, 7) is 0. The van der Waals surface area contributed by atoms with E-state index < -0.39 is 18.2 Å². The van der Waals surface area contributed by atoms with Crippen molar-refractivity contribution in [1.82, 2.24) is 0 Å². The van der Waals surface area contributed by atoms with Crippen molar-refractivity contribution in [1.29, 1.82) is 0 Å². The van der Waals surface area contributed by atoms with E-state index in [0.29, 0.717) is 26.7 Å². The number of aliphatic hydroxyl groups is 1. The minimum Gasteiger partial charge on any atom is -0.451 e. The van der Waals surface area contributed by atoms with Crippen molar-refractivity contribution in [2.24, 2.45) is 0 Å². The molecule has 1 aliphatic heterocycles. The van der Waals surface area contributed by atoms with Crippen molar-refractivity contribution in [3.63, 3.8) is 0 Å². The first-order valence-corrected chi connectivity index (χ1v) is 6.76. The minimum atomic E-state index is -1.06. The maximum Gasteiger partial charge on any atom is 0.339 e. The first kappa shape index (κ1) is 13.4. The molecular weight excluding hydrogens is 299 g/mol. The summed E-state index contributed by atoms with van der Waals surface area (Å²) in [6.07, 6.45) is -1.83. The van der Waals surface area contributed by atoms with Crippen molar-refractivity contribution >= 4 is 29.2 Å². The molecule has 2 atom stereocenters. The van der Waals surface area contributed by atoms with Crippen LogP contribution in [0.5, 0.6) is 0 Å². The molecular formula is C15H10Cl2O3. The van der Waals surface area contributed by atoms with Crippen LogP contribution in [0.4, 0.5) is 0 Å². The number of hydrogen-bond donors (Lipinski definition) is 1. The fourth-order valence-electron chi connectivity index (χ4n) is 2.31. The lowest BCUT2D eigenvalue weighted by Crippen LogP contribution is -2.11. The third-order valence-electron chi connectivity index (χ3n) is 3.28. The zero-order valence-electron chi connectivity index (χ0n) is 10.2. The van der Waals surface area contributed by atoms with E-state index in [4.69, 9.17) is 27.9 Å². The van der Waals surface area contributed by atoms with Gasteiger partial charge in [0, 0.05) is 21.2 Å². The van der Waals surface area contributed by atoms with E-state index in [1.165, 1.54) is 0 Å². The molecule has 2 aromatic carbocycles. The number of rotatable bonds is 2. The lowest BCUT2D eigenvalue weighted by molar-refractivity contribution is -0.0102. The summed E-state index contributed by atoms with van der Waals surface area (Å²) in [6, 6.07) is 11.8. The van der Waals surface area contributed by atoms with Gasteiger partial charge in [-0.15, -0.1) is 0 Å². The van der Waals surface area contributed by atoms with Crippen molar-refractivity contribution in [2.45, 2.75) is 12.2 Å². The molecule has 1 aliphatic rings. The maximum absolute atomic E-state index is 11.8. The van der Waals surface area contributed by atoms with Crippen molar-refractivity contribution < 1.29 is 14.6 Å². The predicted octanol–water partition coefficient (Wildman–Crippen LogP) is 3.94. The first-order valence-electron chi connectivity index (χ1n) is 6.01. The second-order valence-corrected chi connectivity index (χ2v) is 5.37. The Morgan fingerprint density at radius 1 is 1.15 bits per heavy atom. The zero-order valence-corrected chi connectivity index (χ0v) is 11.7. The highest BCUT2D eigenvalue weighted by Gasteiger charge is 2.37. The van der Waals surface area contributed by atoms with Crippen molar-refractivity contribution in [3.05, 3.63) is 69.2 Å². The van der Waals surface area contributed by atoms with Crippen molar-refractivity contribution in [2.75, 3.05) is 0 Å². The number of carbonyl (C=O) groups excluding carboxylic acids is 1. The molecule has 0 saturated carbocycles. The fourth-order valence-corrected chi connectivity index (χ4v) is 2.72. The molecule has 0 saturated heterocycles. The molecule has 5 heteroatoms. The Hall–Kier alpha value is -1.55. The third-order valence-corrected chi connectivity index (χ3v) is 3.86. The molecule has 0 amide bonds. The van der Waals surface area contributed by atoms with Gasteiger partial charge in [-0.05, 0) is 24.3 Å². The highest BCUT2D eigenvalue weighted by molar-refractivity contribution is 6.33. The molecule has 3 rings (SSSR count). The van der Waals surface area contributed by atoms with Crippen LogP contribution in [0.15, 0.2) is 42.5 Å². The highest BCUT2D eigenvalue weighted by atomic mass is 35.5. The van der Waals surface area contributed by atoms with Crippen LogP contribution >= 0.6 is 23.2 Å². The van der Waals surface area contributed by atoms with Crippen LogP contribution in [0.3, 0.4) is 0 Å². The SMILES string of the molecule is O=C1O[C@@H]([C@@H](O)c2cc(Cl)ccc2Cl)c2ccccc21. The van der Waals surface area contributed by atoms with Gasteiger partial charge in [-0.25, -0.2) is 4.79 Å². The predicted molar refractivity (Wildman–Crippen MR) is 76.0 cm³/mol. The quantitative estimate of drug-likeness (QED) is 0.855. The summed E-state index contributed by atoms with van der Waals surface area (Å²) < 4.78 is 5.25. The van der Waals surface area contributed by atoms with Gasteiger partial charge in [-0.2, -0.15) is 0 Å². The topological polar surface area (TPSA) is 46.5 Å². The summed E-state index contributed by atoms with van der Waals surface area (Å²) in [5.74, 6) is -0.442. The van der Waals surface area contributed by atoms with Gasteiger partial charge in [-0.1, -0.05) is 41.4 Å². The minimum absolute atomic E-state index is 0.377. The number of benzene rings is 2. The number of halogens is 2. The second kappa shape index (κ2) is 5.09. The average Bonchev–Trinajstić information content (AvgIpc) is 2.79. The smallest absolute Gasteiger partial charge is 0.339 e. The molecule has 1 heterocycles. The number of cyclic esters (lactones) is 1. The summed E-state index contributed by atoms with van der Waals surface area (Å²) in [7, 11) is 0. The standard InChI is InChI=1S/C15H10Cl2O3/c16-8-5-6-12(17)11(7-8)13(18)14-9-3-1-2-4-10(9)15(19)20-14/h1-7,13-14,18H/t13-,14+/m0/s1. The Kier molecular flexibility index (Phi) is 3.42. The maximum atomic E-state index is 11.8. The third kappa shape index (κ3) is 2.18. The fraction of sp³-hybridized carbons (Fsp3) is 0.133. The van der Waals surface area contributed by atoms with Crippen LogP contribution in [0, 0.1) is 0 Å². The van der Waals surface area contributed by atoms with Crippen LogP contribution in [0.1, 0.15) is 33.7 Å². The molecule has 0 aliphatic carbocycles. The Balaban J connectivity index is 2.02. The highest BCUT2D eigenvalue weighted by Crippen LogP contribution is 2.41. The number of hydrogen-bond acceptors (Lipinski definition) is 3. The van der Waals surface area contributed by atoms with Crippen molar-refractivity contribution in [3.8, 4) is 0 Å². The van der Waals surface area contributed by atoms with Gasteiger partial charge in [0.1, 0.15) is 6.10 Å². The molecule has 0 spiro atoms. The number of fused-ring (bicyclic) bond motifs is 1. The van der Waals surface area contributed by atoms with Crippen LogP contribution in [0.2, 0.25) is 10.0 Å². The van der Waals surface area contributed by atoms with E-state index in [-0.39, 0.29) is 0 Å². The first-order chi connectivity index (χ1) is 9.58. The second-order valence-electron chi connectivity index (χ2n) is 4.52. The van der Waals surface area contributed by atoms with Crippen LogP contribution in [0.25, 0.3) is 0 Å². The van der Waals surface area contributed by atoms with Gasteiger partial charge in [0.05, 0.1) is 5.56 Å². The number of aliphatic hydroxyl groups excluding tert-OH is 1. The number of carbonyl (C=O) groups is 1. The van der Waals surface area contributed by atoms with E-state index >= 15 is 0 Å². The molecule has 20 heavy (non-hydrogen) atoms. The number of esters is 1. The Bertz CT molecular complexity index is 685. The molecule has 3 nitrogen and oxygen atoms in total. The van der Waals surface area contributed by atoms with E-state index in [0.717, 1.165) is 0 Å². The molecule has 0 radical (unpaired) electrons. The summed E-state index contributed by atoms with van der Waals surface area (Å²) in [5.41, 5.74) is 1.56. The lowest BCUT2D eigenvalue weighted by atomic mass is 9.97. The number of ether oxygens (including phenoxy) is 1. The molecule has 0 bridgehead atoms. The zero-order chi connectivity index (χ0) is 14.3. The summed E-state index contributed by atoms with van der Waals surface area (Å²) >= 11 is 12.0. The van der Waals surface area contributed by atoms with E-state index in [1.807, 2.05) is 0 Å². The summed E-state index contributed by atoms with van der Waals surface area (Å²) in [5, 5.41) is 11.3. The molecule has 0 fully saturated rings. The largest absolute Gasteiger partial charge is 0.451 e. The van der Waals surface area contributed by atoms with Gasteiger partial charge in [0.25, 0.3) is 0 Å². The van der Waals surface area contributed by atoms with Crippen LogP contribution in [-0.2, 0) is 4.74 Å². The van der Waals surface area contributed by atoms with Crippen LogP contribution < -0.4 is 0 Å². The van der Waals surface area contributed by atoms with Crippen LogP contribution in [-0.4, -0.2) is 11.1 Å². The van der Waals surface area contributed by atoms with Gasteiger partial charge in [-0.3, -0.25) is 0 Å². The Morgan fingerprint density at radius 2 is 1.90 bits per heavy atom. The lowest BCUT2D eigenvalue weighted by Gasteiger charge is -2.19. The van der Waals surface area contributed by atoms with E-state index in [2.05, 4.69) is 0 Å². The average molecular weight is 309 g/mol. The molecule has 0 unspecified atom stereocenters. The normalized spacial score (nSPS) is 18.6. The van der Waals surface area contributed by atoms with Gasteiger partial charge >= 0.3 is 5.97 Å². The van der Waals surface area contributed by atoms with E-state index in [9.17, 15) is 9.90 Å². The molecule has 1 N–H and O–H groups in total. The van der Waals surface area contributed by atoms with Gasteiger partial charge in [0.15, 0.2) is 6.10 Å². The summed E-state index contributed by atoms with van der Waals surface area (Å²) in [4.78, 5) is 11.8. The van der Waals surface area contributed by atoms with Gasteiger partial charge < -0.3 is 9.84 Å². The molecule has 2 aromatic rings. The molecule has 0 aromatic heterocycles. The Morgan fingerprint density at radius 3 is 2.70 bits per heavy atom. The molecule has 102 valence electrons. The van der Waals surface area contributed by atoms with E-state index in [1.54, 1.807) is 42.5 Å². The Labute approximate surface area is 125 Å². The van der Waals surface area contributed by atoms with Gasteiger partial charge in [0.2, 0.25) is 0 Å². The monoisotopic (exact) mass is 308 g/mol.